The maximum Gasteiger partial charge on any atom is 0.264 e. The fourth-order valence-corrected chi connectivity index (χ4v) is 2.01. The summed E-state index contributed by atoms with van der Waals surface area (Å²) in [4.78, 5) is 15.5. The molecule has 1 aromatic heterocycles. The molecule has 0 bridgehead atoms. The molecule has 0 saturated heterocycles. The molecule has 1 aromatic carbocycles. The average Bonchev–Trinajstić information content (AvgIpc) is 2.73. The van der Waals surface area contributed by atoms with Gasteiger partial charge in [-0.3, -0.25) is 10.1 Å². The normalized spacial score (nSPS) is 10.3. The van der Waals surface area contributed by atoms with Crippen LogP contribution in [-0.2, 0) is 4.79 Å². The quantitative estimate of drug-likeness (QED) is 0.939. The van der Waals surface area contributed by atoms with Crippen molar-refractivity contribution in [1.82, 2.24) is 4.98 Å². The Balaban J connectivity index is 1.89. The fraction of sp³-hybridized carbons (Fsp3) is 0.167. The number of carbonyl (C=O) groups is 1. The minimum Gasteiger partial charge on any atom is -0.481 e. The molecule has 0 atom stereocenters. The third kappa shape index (κ3) is 3.72. The van der Waals surface area contributed by atoms with Crippen molar-refractivity contribution in [1.29, 1.82) is 0 Å². The van der Waals surface area contributed by atoms with Gasteiger partial charge >= 0.3 is 0 Å². The molecule has 0 unspecified atom stereocenters. The number of benzene rings is 1. The number of aromatic nitrogens is 1. The Bertz CT molecular complexity index is 601. The van der Waals surface area contributed by atoms with Gasteiger partial charge in [-0.25, -0.2) is 13.8 Å². The van der Waals surface area contributed by atoms with Crippen molar-refractivity contribution in [3.63, 3.8) is 0 Å². The summed E-state index contributed by atoms with van der Waals surface area (Å²) in [6.07, 6.45) is 0. The highest BCUT2D eigenvalue weighted by Crippen LogP contribution is 2.18. The van der Waals surface area contributed by atoms with E-state index in [1.54, 1.807) is 12.3 Å². The SMILES string of the molecule is Cc1csc(NC(=O)COc2ccc(F)cc2F)n1. The van der Waals surface area contributed by atoms with E-state index in [1.807, 2.05) is 0 Å². The maximum atomic E-state index is 13.2. The Kier molecular flexibility index (Phi) is 4.06. The Labute approximate surface area is 112 Å². The summed E-state index contributed by atoms with van der Waals surface area (Å²) in [5.41, 5.74) is 0.797. The first-order valence-corrected chi connectivity index (χ1v) is 6.22. The highest BCUT2D eigenvalue weighted by atomic mass is 32.1. The van der Waals surface area contributed by atoms with Crippen LogP contribution in [0.5, 0.6) is 5.75 Å². The van der Waals surface area contributed by atoms with E-state index in [0.29, 0.717) is 11.2 Å². The van der Waals surface area contributed by atoms with Crippen LogP contribution >= 0.6 is 11.3 Å². The van der Waals surface area contributed by atoms with Gasteiger partial charge in [0.25, 0.3) is 5.91 Å². The van der Waals surface area contributed by atoms with Crippen LogP contribution in [0.15, 0.2) is 23.6 Å². The zero-order valence-corrected chi connectivity index (χ0v) is 10.8. The highest BCUT2D eigenvalue weighted by molar-refractivity contribution is 7.13. The van der Waals surface area contributed by atoms with Crippen LogP contribution in [-0.4, -0.2) is 17.5 Å². The summed E-state index contributed by atoms with van der Waals surface area (Å²) in [5, 5.41) is 4.75. The molecule has 1 amide bonds. The Morgan fingerprint density at radius 3 is 2.89 bits per heavy atom. The third-order valence-electron chi connectivity index (χ3n) is 2.12. The molecular weight excluding hydrogens is 274 g/mol. The number of halogens is 2. The number of rotatable bonds is 4. The fourth-order valence-electron chi connectivity index (χ4n) is 1.30. The predicted octanol–water partition coefficient (Wildman–Crippen LogP) is 2.75. The van der Waals surface area contributed by atoms with Gasteiger partial charge in [0.2, 0.25) is 0 Å². The molecule has 0 aliphatic heterocycles. The Morgan fingerprint density at radius 2 is 2.26 bits per heavy atom. The zero-order valence-electron chi connectivity index (χ0n) is 9.94. The largest absolute Gasteiger partial charge is 0.481 e. The lowest BCUT2D eigenvalue weighted by molar-refractivity contribution is -0.118. The molecule has 0 aliphatic rings. The standard InChI is InChI=1S/C12H10F2N2O2S/c1-7-6-19-12(15-7)16-11(17)5-18-10-3-2-8(13)4-9(10)14/h2-4,6H,5H2,1H3,(H,15,16,17). The third-order valence-corrected chi connectivity index (χ3v) is 2.99. The second-order valence-electron chi connectivity index (χ2n) is 3.71. The molecule has 1 heterocycles. The molecule has 7 heteroatoms. The number of amides is 1. The van der Waals surface area contributed by atoms with Gasteiger partial charge in [0.15, 0.2) is 23.3 Å². The lowest BCUT2D eigenvalue weighted by Gasteiger charge is -2.06. The van der Waals surface area contributed by atoms with E-state index in [-0.39, 0.29) is 12.4 Å². The summed E-state index contributed by atoms with van der Waals surface area (Å²) >= 11 is 1.28. The summed E-state index contributed by atoms with van der Waals surface area (Å²) in [6.45, 7) is 1.43. The molecule has 0 radical (unpaired) electrons. The van der Waals surface area contributed by atoms with Crippen molar-refractivity contribution in [3.05, 3.63) is 40.9 Å². The van der Waals surface area contributed by atoms with Gasteiger partial charge in [-0.05, 0) is 19.1 Å². The van der Waals surface area contributed by atoms with Crippen molar-refractivity contribution in [2.75, 3.05) is 11.9 Å². The molecule has 2 rings (SSSR count). The molecule has 0 spiro atoms. The lowest BCUT2D eigenvalue weighted by atomic mass is 10.3. The minimum atomic E-state index is -0.849. The van der Waals surface area contributed by atoms with Crippen molar-refractivity contribution < 1.29 is 18.3 Å². The predicted molar refractivity (Wildman–Crippen MR) is 67.3 cm³/mol. The van der Waals surface area contributed by atoms with Crippen molar-refractivity contribution in [2.24, 2.45) is 0 Å². The minimum absolute atomic E-state index is 0.174. The van der Waals surface area contributed by atoms with Gasteiger partial charge in [-0.2, -0.15) is 0 Å². The van der Waals surface area contributed by atoms with Gasteiger partial charge in [0.05, 0.1) is 5.69 Å². The molecule has 19 heavy (non-hydrogen) atoms. The van der Waals surface area contributed by atoms with Crippen molar-refractivity contribution >= 4 is 22.4 Å². The van der Waals surface area contributed by atoms with E-state index in [9.17, 15) is 13.6 Å². The summed E-state index contributed by atoms with van der Waals surface area (Å²) in [5.74, 6) is -2.18. The van der Waals surface area contributed by atoms with E-state index in [2.05, 4.69) is 10.3 Å². The number of hydrogen-bond donors (Lipinski definition) is 1. The first-order chi connectivity index (χ1) is 9.04. The van der Waals surface area contributed by atoms with Gasteiger partial charge in [0.1, 0.15) is 5.82 Å². The van der Waals surface area contributed by atoms with Crippen LogP contribution in [0, 0.1) is 18.6 Å². The summed E-state index contributed by atoms with van der Waals surface area (Å²) in [7, 11) is 0. The highest BCUT2D eigenvalue weighted by Gasteiger charge is 2.09. The molecule has 1 N–H and O–H groups in total. The molecular formula is C12H10F2N2O2S. The number of thiazole rings is 1. The van der Waals surface area contributed by atoms with Crippen molar-refractivity contribution in [3.8, 4) is 5.75 Å². The molecule has 100 valence electrons. The summed E-state index contributed by atoms with van der Waals surface area (Å²) in [6, 6.07) is 2.88. The van der Waals surface area contributed by atoms with E-state index in [4.69, 9.17) is 4.74 Å². The van der Waals surface area contributed by atoms with E-state index < -0.39 is 17.5 Å². The first kappa shape index (κ1) is 13.4. The Morgan fingerprint density at radius 1 is 1.47 bits per heavy atom. The van der Waals surface area contributed by atoms with Crippen molar-refractivity contribution in [2.45, 2.75) is 6.92 Å². The molecule has 2 aromatic rings. The molecule has 0 fully saturated rings. The van der Waals surface area contributed by atoms with Crippen LogP contribution in [0.25, 0.3) is 0 Å². The van der Waals surface area contributed by atoms with Gasteiger partial charge in [-0.1, -0.05) is 0 Å². The van der Waals surface area contributed by atoms with E-state index >= 15 is 0 Å². The van der Waals surface area contributed by atoms with Crippen LogP contribution in [0.1, 0.15) is 5.69 Å². The number of nitrogens with one attached hydrogen (secondary N) is 1. The monoisotopic (exact) mass is 284 g/mol. The van der Waals surface area contributed by atoms with Gasteiger partial charge in [0, 0.05) is 11.4 Å². The van der Waals surface area contributed by atoms with E-state index in [0.717, 1.165) is 17.8 Å². The lowest BCUT2D eigenvalue weighted by Crippen LogP contribution is -2.20. The maximum absolute atomic E-state index is 13.2. The number of carbonyl (C=O) groups excluding carboxylic acids is 1. The first-order valence-electron chi connectivity index (χ1n) is 5.34. The Hall–Kier alpha value is -2.02. The number of aryl methyl sites for hydroxylation is 1. The van der Waals surface area contributed by atoms with Crippen LogP contribution in [0.2, 0.25) is 0 Å². The average molecular weight is 284 g/mol. The number of nitrogens with zero attached hydrogens (tertiary/aromatic N) is 1. The smallest absolute Gasteiger partial charge is 0.264 e. The van der Waals surface area contributed by atoms with Crippen LogP contribution in [0.4, 0.5) is 13.9 Å². The second-order valence-corrected chi connectivity index (χ2v) is 4.56. The topological polar surface area (TPSA) is 51.2 Å². The zero-order chi connectivity index (χ0) is 13.8. The number of anilines is 1. The van der Waals surface area contributed by atoms with Gasteiger partial charge in [-0.15, -0.1) is 11.3 Å². The number of ether oxygens (including phenoxy) is 1. The molecule has 4 nitrogen and oxygen atoms in total. The summed E-state index contributed by atoms with van der Waals surface area (Å²) < 4.78 is 30.8. The van der Waals surface area contributed by atoms with Crippen LogP contribution in [0.3, 0.4) is 0 Å². The number of hydrogen-bond acceptors (Lipinski definition) is 4. The van der Waals surface area contributed by atoms with Gasteiger partial charge < -0.3 is 4.74 Å². The van der Waals surface area contributed by atoms with E-state index in [1.165, 1.54) is 11.3 Å². The molecule has 0 aliphatic carbocycles. The van der Waals surface area contributed by atoms with Crippen LogP contribution < -0.4 is 10.1 Å². The molecule has 0 saturated carbocycles. The second kappa shape index (κ2) is 5.75.